The average molecular weight is 409 g/mol. The Morgan fingerprint density at radius 1 is 1.28 bits per heavy atom. The molecule has 0 unspecified atom stereocenters. The number of benzene rings is 1. The molecule has 1 aromatic carbocycles. The SMILES string of the molecule is C=C(C)c1cnccc1NC1=C2N(C)CCN2C(=C)C(c2cc(Cl)ccc2F)=C1. The summed E-state index contributed by atoms with van der Waals surface area (Å²) in [7, 11) is 2.04. The van der Waals surface area contributed by atoms with Gasteiger partial charge in [0, 0.05) is 65.6 Å². The van der Waals surface area contributed by atoms with E-state index in [9.17, 15) is 4.39 Å². The van der Waals surface area contributed by atoms with Crippen LogP contribution in [0, 0.1) is 5.82 Å². The van der Waals surface area contributed by atoms with Crippen LogP contribution in [0.25, 0.3) is 11.1 Å². The van der Waals surface area contributed by atoms with Crippen molar-refractivity contribution in [1.29, 1.82) is 0 Å². The van der Waals surface area contributed by atoms with E-state index in [1.165, 1.54) is 6.07 Å². The minimum Gasteiger partial charge on any atom is -0.358 e. The number of fused-ring (bicyclic) bond motifs is 1. The molecule has 2 aromatic rings. The highest BCUT2D eigenvalue weighted by atomic mass is 35.5. The molecule has 148 valence electrons. The molecule has 1 aromatic heterocycles. The van der Waals surface area contributed by atoms with E-state index >= 15 is 0 Å². The number of pyridine rings is 1. The molecule has 1 saturated heterocycles. The average Bonchev–Trinajstić information content (AvgIpc) is 3.09. The van der Waals surface area contributed by atoms with Gasteiger partial charge in [-0.05, 0) is 42.8 Å². The van der Waals surface area contributed by atoms with Gasteiger partial charge in [0.15, 0.2) is 0 Å². The summed E-state index contributed by atoms with van der Waals surface area (Å²) in [6, 6.07) is 6.48. The van der Waals surface area contributed by atoms with Gasteiger partial charge in [0.05, 0.1) is 5.70 Å². The van der Waals surface area contributed by atoms with Crippen LogP contribution in [0.1, 0.15) is 18.1 Å². The summed E-state index contributed by atoms with van der Waals surface area (Å²) in [6.45, 7) is 11.9. The highest BCUT2D eigenvalue weighted by Gasteiger charge is 2.33. The van der Waals surface area contributed by atoms with E-state index in [0.29, 0.717) is 16.2 Å². The number of allylic oxidation sites excluding steroid dienone is 3. The van der Waals surface area contributed by atoms with Crippen molar-refractivity contribution in [3.63, 3.8) is 0 Å². The molecule has 1 fully saturated rings. The zero-order valence-electron chi connectivity index (χ0n) is 16.5. The van der Waals surface area contributed by atoms with Crippen LogP contribution in [0.5, 0.6) is 0 Å². The Bertz CT molecular complexity index is 1090. The maximum atomic E-state index is 14.6. The number of nitrogens with zero attached hydrogens (tertiary/aromatic N) is 3. The monoisotopic (exact) mass is 408 g/mol. The number of halogens is 2. The van der Waals surface area contributed by atoms with E-state index in [0.717, 1.165) is 47.1 Å². The molecule has 6 heteroatoms. The molecule has 0 atom stereocenters. The van der Waals surface area contributed by atoms with Crippen LogP contribution >= 0.6 is 11.6 Å². The van der Waals surface area contributed by atoms with Gasteiger partial charge in [-0.15, -0.1) is 0 Å². The van der Waals surface area contributed by atoms with Gasteiger partial charge >= 0.3 is 0 Å². The van der Waals surface area contributed by atoms with E-state index in [1.807, 2.05) is 26.1 Å². The molecule has 1 N–H and O–H groups in total. The van der Waals surface area contributed by atoms with Crippen LogP contribution in [-0.2, 0) is 0 Å². The molecule has 2 aliphatic rings. The third kappa shape index (κ3) is 3.42. The molecule has 4 nitrogen and oxygen atoms in total. The van der Waals surface area contributed by atoms with Gasteiger partial charge in [0.1, 0.15) is 11.6 Å². The van der Waals surface area contributed by atoms with E-state index < -0.39 is 0 Å². The summed E-state index contributed by atoms with van der Waals surface area (Å²) >= 11 is 6.15. The summed E-state index contributed by atoms with van der Waals surface area (Å²) in [5, 5.41) is 3.99. The minimum atomic E-state index is -0.330. The summed E-state index contributed by atoms with van der Waals surface area (Å²) in [6.07, 6.45) is 5.46. The number of hydrogen-bond acceptors (Lipinski definition) is 4. The molecular weight excluding hydrogens is 387 g/mol. The Morgan fingerprint density at radius 3 is 2.83 bits per heavy atom. The van der Waals surface area contributed by atoms with Gasteiger partial charge in [-0.2, -0.15) is 0 Å². The predicted molar refractivity (Wildman–Crippen MR) is 117 cm³/mol. The van der Waals surface area contributed by atoms with Crippen molar-refractivity contribution in [2.24, 2.45) is 0 Å². The van der Waals surface area contributed by atoms with Crippen molar-refractivity contribution in [3.05, 3.63) is 95.1 Å². The molecule has 3 heterocycles. The Balaban J connectivity index is 1.86. The van der Waals surface area contributed by atoms with Crippen LogP contribution < -0.4 is 5.32 Å². The molecule has 0 aliphatic carbocycles. The van der Waals surface area contributed by atoms with Gasteiger partial charge in [0.25, 0.3) is 0 Å². The Hall–Kier alpha value is -3.05. The Kier molecular flexibility index (Phi) is 4.92. The topological polar surface area (TPSA) is 31.4 Å². The van der Waals surface area contributed by atoms with Gasteiger partial charge in [-0.25, -0.2) is 4.39 Å². The van der Waals surface area contributed by atoms with Gasteiger partial charge in [-0.3, -0.25) is 4.98 Å². The van der Waals surface area contributed by atoms with Crippen molar-refractivity contribution in [1.82, 2.24) is 14.8 Å². The lowest BCUT2D eigenvalue weighted by Crippen LogP contribution is -2.28. The Labute approximate surface area is 175 Å². The van der Waals surface area contributed by atoms with Crippen molar-refractivity contribution >= 4 is 28.4 Å². The molecule has 0 bridgehead atoms. The van der Waals surface area contributed by atoms with E-state index in [4.69, 9.17) is 11.6 Å². The standard InChI is InChI=1S/C23H22ClFN4/c1-14(2)19-13-26-8-7-21(19)27-22-12-17(18-11-16(24)5-6-20(18)25)15(3)29-10-9-28(4)23(22)29/h5-8,11-13H,1,3,9-10H2,2,4H3,(H,26,27). The van der Waals surface area contributed by atoms with E-state index in [-0.39, 0.29) is 5.82 Å². The van der Waals surface area contributed by atoms with Crippen molar-refractivity contribution in [2.75, 3.05) is 25.5 Å². The van der Waals surface area contributed by atoms with Crippen LogP contribution in [0.4, 0.5) is 10.1 Å². The van der Waals surface area contributed by atoms with Crippen molar-refractivity contribution in [2.45, 2.75) is 6.92 Å². The minimum absolute atomic E-state index is 0.330. The molecule has 0 radical (unpaired) electrons. The summed E-state index contributed by atoms with van der Waals surface area (Å²) in [5.74, 6) is 0.675. The molecule has 29 heavy (non-hydrogen) atoms. The highest BCUT2D eigenvalue weighted by molar-refractivity contribution is 6.30. The zero-order valence-corrected chi connectivity index (χ0v) is 17.2. The fourth-order valence-corrected chi connectivity index (χ4v) is 3.91. The fraction of sp³-hybridized carbons (Fsp3) is 0.174. The predicted octanol–water partition coefficient (Wildman–Crippen LogP) is 5.35. The first-order valence-corrected chi connectivity index (χ1v) is 9.71. The van der Waals surface area contributed by atoms with E-state index in [1.54, 1.807) is 24.5 Å². The van der Waals surface area contributed by atoms with Crippen LogP contribution in [0.3, 0.4) is 0 Å². The molecule has 0 saturated carbocycles. The second-order valence-electron chi connectivity index (χ2n) is 7.27. The smallest absolute Gasteiger partial charge is 0.133 e. The Morgan fingerprint density at radius 2 is 2.07 bits per heavy atom. The summed E-state index contributed by atoms with van der Waals surface area (Å²) < 4.78 is 14.6. The second-order valence-corrected chi connectivity index (χ2v) is 7.70. The van der Waals surface area contributed by atoms with E-state index in [2.05, 4.69) is 33.3 Å². The lowest BCUT2D eigenvalue weighted by Gasteiger charge is -2.32. The molecular formula is C23H22ClFN4. The first-order valence-electron chi connectivity index (χ1n) is 9.33. The normalized spacial score (nSPS) is 16.1. The van der Waals surface area contributed by atoms with Crippen LogP contribution in [0.15, 0.2) is 73.1 Å². The lowest BCUT2D eigenvalue weighted by atomic mass is 9.98. The third-order valence-corrected chi connectivity index (χ3v) is 5.45. The lowest BCUT2D eigenvalue weighted by molar-refractivity contribution is 0.428. The first kappa shape index (κ1) is 19.3. The van der Waals surface area contributed by atoms with Gasteiger partial charge in [0.2, 0.25) is 0 Å². The van der Waals surface area contributed by atoms with Crippen LogP contribution in [0.2, 0.25) is 5.02 Å². The highest BCUT2D eigenvalue weighted by Crippen LogP contribution is 2.40. The number of likely N-dealkylation sites (N-methyl/N-ethyl adjacent to an activating group) is 1. The van der Waals surface area contributed by atoms with Crippen molar-refractivity contribution in [3.8, 4) is 0 Å². The maximum absolute atomic E-state index is 14.6. The van der Waals surface area contributed by atoms with Gasteiger partial charge in [-0.1, -0.05) is 24.8 Å². The molecule has 0 spiro atoms. The maximum Gasteiger partial charge on any atom is 0.133 e. The third-order valence-electron chi connectivity index (χ3n) is 5.21. The molecule has 2 aliphatic heterocycles. The molecule has 0 amide bonds. The molecule has 4 rings (SSSR count). The van der Waals surface area contributed by atoms with Gasteiger partial charge < -0.3 is 15.1 Å². The largest absolute Gasteiger partial charge is 0.358 e. The van der Waals surface area contributed by atoms with Crippen LogP contribution in [-0.4, -0.2) is 34.9 Å². The second kappa shape index (κ2) is 7.41. The number of nitrogens with one attached hydrogen (secondary N) is 1. The van der Waals surface area contributed by atoms with Crippen molar-refractivity contribution < 1.29 is 4.39 Å². The fourth-order valence-electron chi connectivity index (χ4n) is 3.74. The summed E-state index contributed by atoms with van der Waals surface area (Å²) in [4.78, 5) is 8.48. The number of hydrogen-bond donors (Lipinski definition) is 1. The number of aromatic nitrogens is 1. The number of anilines is 1. The quantitative estimate of drug-likeness (QED) is 0.739. The first-order chi connectivity index (χ1) is 13.9. The zero-order chi connectivity index (χ0) is 20.7. The summed E-state index contributed by atoms with van der Waals surface area (Å²) in [5.41, 5.74) is 5.49. The number of rotatable bonds is 4.